The van der Waals surface area contributed by atoms with Gasteiger partial charge in [0.05, 0.1) is 23.8 Å². The van der Waals surface area contributed by atoms with E-state index >= 15 is 0 Å². The highest BCUT2D eigenvalue weighted by atomic mass is 16.6. The second-order valence-corrected chi connectivity index (χ2v) is 4.76. The molecular formula is C16H15N3O5. The van der Waals surface area contributed by atoms with Gasteiger partial charge in [-0.2, -0.15) is 0 Å². The molecule has 0 saturated heterocycles. The minimum Gasteiger partial charge on any atom is -0.494 e. The van der Waals surface area contributed by atoms with Gasteiger partial charge in [-0.15, -0.1) is 0 Å². The van der Waals surface area contributed by atoms with Crippen LogP contribution in [0, 0.1) is 10.1 Å². The van der Waals surface area contributed by atoms with Gasteiger partial charge >= 0.3 is 11.8 Å². The third-order valence-electron chi connectivity index (χ3n) is 3.15. The van der Waals surface area contributed by atoms with Crippen LogP contribution < -0.4 is 15.4 Å². The fourth-order valence-corrected chi connectivity index (χ4v) is 1.93. The van der Waals surface area contributed by atoms with E-state index in [1.54, 1.807) is 0 Å². The standard InChI is InChI=1S/C16H15N3O5/c1-24-14-9-12(19(22)23)7-8-13(14)18-16(21)15(20)17-10-11-5-3-2-4-6-11/h2-9H,10H2,1H3,(H,17,20)(H,18,21). The normalized spacial score (nSPS) is 9.88. The Morgan fingerprint density at radius 1 is 1.12 bits per heavy atom. The summed E-state index contributed by atoms with van der Waals surface area (Å²) in [6, 6.07) is 12.8. The minimum absolute atomic E-state index is 0.0911. The highest BCUT2D eigenvalue weighted by Gasteiger charge is 2.17. The first kappa shape index (κ1) is 16.9. The SMILES string of the molecule is COc1cc([N+](=O)[O-])ccc1NC(=O)C(=O)NCc1ccccc1. The molecule has 0 unspecified atom stereocenters. The average Bonchev–Trinajstić information content (AvgIpc) is 2.60. The molecule has 0 saturated carbocycles. The number of nitro benzene ring substituents is 1. The lowest BCUT2D eigenvalue weighted by atomic mass is 10.2. The number of benzene rings is 2. The quantitative estimate of drug-likeness (QED) is 0.494. The van der Waals surface area contributed by atoms with Gasteiger partial charge in [0.2, 0.25) is 0 Å². The zero-order valence-corrected chi connectivity index (χ0v) is 12.8. The van der Waals surface area contributed by atoms with Crippen molar-refractivity contribution in [3.63, 3.8) is 0 Å². The predicted molar refractivity (Wildman–Crippen MR) is 86.6 cm³/mol. The van der Waals surface area contributed by atoms with Gasteiger partial charge in [-0.1, -0.05) is 30.3 Å². The zero-order chi connectivity index (χ0) is 17.5. The first-order valence-electron chi connectivity index (χ1n) is 6.97. The molecule has 24 heavy (non-hydrogen) atoms. The highest BCUT2D eigenvalue weighted by Crippen LogP contribution is 2.28. The molecule has 0 aliphatic rings. The van der Waals surface area contributed by atoms with Crippen molar-refractivity contribution in [3.05, 3.63) is 64.2 Å². The molecular weight excluding hydrogens is 314 g/mol. The minimum atomic E-state index is -0.891. The number of hydrogen-bond donors (Lipinski definition) is 2. The topological polar surface area (TPSA) is 111 Å². The Morgan fingerprint density at radius 3 is 2.46 bits per heavy atom. The third-order valence-corrected chi connectivity index (χ3v) is 3.15. The number of non-ortho nitro benzene ring substituents is 1. The summed E-state index contributed by atoms with van der Waals surface area (Å²) in [5, 5.41) is 15.6. The van der Waals surface area contributed by atoms with Crippen molar-refractivity contribution in [3.8, 4) is 5.75 Å². The Labute approximate surface area is 137 Å². The monoisotopic (exact) mass is 329 g/mol. The van der Waals surface area contributed by atoms with Crippen molar-refractivity contribution in [1.29, 1.82) is 0 Å². The predicted octanol–water partition coefficient (Wildman–Crippen LogP) is 1.86. The number of carbonyl (C=O) groups excluding carboxylic acids is 2. The molecule has 0 radical (unpaired) electrons. The summed E-state index contributed by atoms with van der Waals surface area (Å²) in [7, 11) is 1.31. The molecule has 0 spiro atoms. The maximum Gasteiger partial charge on any atom is 0.313 e. The number of anilines is 1. The van der Waals surface area contributed by atoms with Crippen LogP contribution in [-0.4, -0.2) is 23.8 Å². The molecule has 8 nitrogen and oxygen atoms in total. The van der Waals surface area contributed by atoms with Crippen LogP contribution in [0.15, 0.2) is 48.5 Å². The van der Waals surface area contributed by atoms with Crippen molar-refractivity contribution in [2.45, 2.75) is 6.54 Å². The van der Waals surface area contributed by atoms with E-state index in [-0.39, 0.29) is 23.7 Å². The molecule has 2 rings (SSSR count). The van der Waals surface area contributed by atoms with Crippen LogP contribution in [0.1, 0.15) is 5.56 Å². The molecule has 0 aliphatic carbocycles. The molecule has 0 bridgehead atoms. The second-order valence-electron chi connectivity index (χ2n) is 4.76. The van der Waals surface area contributed by atoms with E-state index in [1.165, 1.54) is 19.2 Å². The van der Waals surface area contributed by atoms with Gasteiger partial charge in [0.25, 0.3) is 5.69 Å². The van der Waals surface area contributed by atoms with Gasteiger partial charge in [0.15, 0.2) is 0 Å². The van der Waals surface area contributed by atoms with Crippen molar-refractivity contribution in [1.82, 2.24) is 5.32 Å². The van der Waals surface area contributed by atoms with Crippen LogP contribution in [0.25, 0.3) is 0 Å². The lowest BCUT2D eigenvalue weighted by Gasteiger charge is -2.10. The number of carbonyl (C=O) groups is 2. The Bertz CT molecular complexity index is 762. The highest BCUT2D eigenvalue weighted by molar-refractivity contribution is 6.39. The summed E-state index contributed by atoms with van der Waals surface area (Å²) in [6.07, 6.45) is 0. The molecule has 0 aromatic heterocycles. The molecule has 2 N–H and O–H groups in total. The van der Waals surface area contributed by atoms with Crippen LogP contribution in [-0.2, 0) is 16.1 Å². The van der Waals surface area contributed by atoms with Crippen LogP contribution in [0.5, 0.6) is 5.75 Å². The zero-order valence-electron chi connectivity index (χ0n) is 12.8. The van der Waals surface area contributed by atoms with Crippen molar-refractivity contribution in [2.75, 3.05) is 12.4 Å². The van der Waals surface area contributed by atoms with E-state index in [9.17, 15) is 19.7 Å². The fraction of sp³-hybridized carbons (Fsp3) is 0.125. The van der Waals surface area contributed by atoms with Crippen molar-refractivity contribution in [2.24, 2.45) is 0 Å². The van der Waals surface area contributed by atoms with E-state index in [2.05, 4.69) is 10.6 Å². The first-order chi connectivity index (χ1) is 11.5. The Morgan fingerprint density at radius 2 is 1.83 bits per heavy atom. The summed E-state index contributed by atoms with van der Waals surface area (Å²) >= 11 is 0. The molecule has 2 aromatic rings. The Kier molecular flexibility index (Phi) is 5.45. The number of rotatable bonds is 5. The number of nitrogens with zero attached hydrogens (tertiary/aromatic N) is 1. The Balaban J connectivity index is 2.00. The van der Waals surface area contributed by atoms with E-state index in [4.69, 9.17) is 4.74 Å². The van der Waals surface area contributed by atoms with Crippen LogP contribution in [0.2, 0.25) is 0 Å². The average molecular weight is 329 g/mol. The third kappa shape index (κ3) is 4.29. The van der Waals surface area contributed by atoms with E-state index in [0.29, 0.717) is 0 Å². The molecule has 0 heterocycles. The van der Waals surface area contributed by atoms with Gasteiger partial charge in [0.1, 0.15) is 5.75 Å². The van der Waals surface area contributed by atoms with E-state index in [1.807, 2.05) is 30.3 Å². The molecule has 8 heteroatoms. The number of ether oxygens (including phenoxy) is 1. The summed E-state index contributed by atoms with van der Waals surface area (Å²) in [6.45, 7) is 0.213. The van der Waals surface area contributed by atoms with Crippen LogP contribution in [0.3, 0.4) is 0 Å². The van der Waals surface area contributed by atoms with Gasteiger partial charge in [0, 0.05) is 12.6 Å². The van der Waals surface area contributed by atoms with E-state index in [0.717, 1.165) is 11.6 Å². The molecule has 0 atom stereocenters. The largest absolute Gasteiger partial charge is 0.494 e. The van der Waals surface area contributed by atoms with Crippen molar-refractivity contribution >= 4 is 23.2 Å². The van der Waals surface area contributed by atoms with Crippen LogP contribution >= 0.6 is 0 Å². The fourth-order valence-electron chi connectivity index (χ4n) is 1.93. The number of nitro groups is 1. The number of methoxy groups -OCH3 is 1. The molecule has 0 aliphatic heterocycles. The summed E-state index contributed by atoms with van der Waals surface area (Å²) in [4.78, 5) is 33.9. The number of amides is 2. The van der Waals surface area contributed by atoms with Crippen molar-refractivity contribution < 1.29 is 19.2 Å². The lowest BCUT2D eigenvalue weighted by molar-refractivity contribution is -0.384. The second kappa shape index (κ2) is 7.73. The lowest BCUT2D eigenvalue weighted by Crippen LogP contribution is -2.35. The molecule has 0 fully saturated rings. The summed E-state index contributed by atoms with van der Waals surface area (Å²) < 4.78 is 5.00. The molecule has 2 amide bonds. The van der Waals surface area contributed by atoms with Gasteiger partial charge in [-0.05, 0) is 11.6 Å². The van der Waals surface area contributed by atoms with Gasteiger partial charge in [-0.25, -0.2) is 0 Å². The van der Waals surface area contributed by atoms with Gasteiger partial charge in [-0.3, -0.25) is 19.7 Å². The van der Waals surface area contributed by atoms with Gasteiger partial charge < -0.3 is 15.4 Å². The summed E-state index contributed by atoms with van der Waals surface area (Å²) in [5.41, 5.74) is 0.841. The number of hydrogen-bond acceptors (Lipinski definition) is 5. The maximum absolute atomic E-state index is 11.9. The molecule has 124 valence electrons. The first-order valence-corrected chi connectivity index (χ1v) is 6.97. The summed E-state index contributed by atoms with van der Waals surface area (Å²) in [5.74, 6) is -1.62. The Hall–Kier alpha value is -3.42. The van der Waals surface area contributed by atoms with Crippen LogP contribution in [0.4, 0.5) is 11.4 Å². The van der Waals surface area contributed by atoms with E-state index < -0.39 is 16.7 Å². The smallest absolute Gasteiger partial charge is 0.313 e. The molecule has 2 aromatic carbocycles. The maximum atomic E-state index is 11.9. The number of nitrogens with one attached hydrogen (secondary N) is 2.